The summed E-state index contributed by atoms with van der Waals surface area (Å²) in [4.78, 5) is 16.1. The van der Waals surface area contributed by atoms with E-state index >= 15 is 0 Å². The third kappa shape index (κ3) is 3.68. The van der Waals surface area contributed by atoms with Crippen LogP contribution in [-0.4, -0.2) is 71.8 Å². The molecule has 1 N–H and O–H groups in total. The number of piperazine rings is 1. The van der Waals surface area contributed by atoms with Crippen LogP contribution in [0.15, 0.2) is 0 Å². The number of hydrogen-bond donors (Lipinski definition) is 1. The molecule has 0 saturated carbocycles. The lowest BCUT2D eigenvalue weighted by molar-refractivity contribution is -0.152. The Labute approximate surface area is 115 Å². The van der Waals surface area contributed by atoms with Crippen molar-refractivity contribution in [2.75, 3.05) is 32.8 Å². The number of nitrogens with zero attached hydrogens (tertiary/aromatic N) is 2. The lowest BCUT2D eigenvalue weighted by Crippen LogP contribution is -2.60. The molecule has 3 atom stereocenters. The molecule has 0 spiro atoms. The van der Waals surface area contributed by atoms with Gasteiger partial charge in [-0.05, 0) is 33.2 Å². The largest absolute Gasteiger partial charge is 0.479 e. The summed E-state index contributed by atoms with van der Waals surface area (Å²) in [6.45, 7) is 8.25. The molecule has 2 saturated heterocycles. The molecule has 5 heteroatoms. The van der Waals surface area contributed by atoms with Crippen molar-refractivity contribution >= 4 is 5.97 Å². The molecule has 0 aliphatic carbocycles. The Morgan fingerprint density at radius 3 is 2.89 bits per heavy atom. The first-order chi connectivity index (χ1) is 9.11. The van der Waals surface area contributed by atoms with Gasteiger partial charge in [0.1, 0.15) is 0 Å². The number of rotatable bonds is 5. The van der Waals surface area contributed by atoms with Gasteiger partial charge >= 0.3 is 5.97 Å². The van der Waals surface area contributed by atoms with Crippen LogP contribution >= 0.6 is 0 Å². The van der Waals surface area contributed by atoms with Gasteiger partial charge in [0.15, 0.2) is 6.10 Å². The second-order valence-electron chi connectivity index (χ2n) is 5.73. The van der Waals surface area contributed by atoms with Crippen molar-refractivity contribution < 1.29 is 14.6 Å². The van der Waals surface area contributed by atoms with Crippen LogP contribution in [0.4, 0.5) is 0 Å². The van der Waals surface area contributed by atoms with Gasteiger partial charge in [0, 0.05) is 38.3 Å². The summed E-state index contributed by atoms with van der Waals surface area (Å²) < 4.78 is 5.34. The fraction of sp³-hybridized carbons (Fsp3) is 0.929. The van der Waals surface area contributed by atoms with Gasteiger partial charge in [0.25, 0.3) is 0 Å². The minimum atomic E-state index is -0.847. The molecule has 2 aliphatic rings. The van der Waals surface area contributed by atoms with E-state index in [2.05, 4.69) is 16.7 Å². The van der Waals surface area contributed by atoms with E-state index in [1.165, 1.54) is 25.8 Å². The van der Waals surface area contributed by atoms with Crippen LogP contribution in [-0.2, 0) is 9.53 Å². The Bertz CT molecular complexity index is 311. The summed E-state index contributed by atoms with van der Waals surface area (Å²) in [5, 5.41) is 9.19. The molecular weight excluding hydrogens is 244 g/mol. The van der Waals surface area contributed by atoms with Crippen molar-refractivity contribution in [1.82, 2.24) is 9.80 Å². The van der Waals surface area contributed by atoms with Crippen molar-refractivity contribution in [1.29, 1.82) is 0 Å². The van der Waals surface area contributed by atoms with E-state index < -0.39 is 12.1 Å². The molecule has 3 unspecified atom stereocenters. The minimum Gasteiger partial charge on any atom is -0.479 e. The van der Waals surface area contributed by atoms with E-state index in [1.54, 1.807) is 0 Å². The number of carboxylic acids is 1. The first-order valence-electron chi connectivity index (χ1n) is 7.44. The predicted octanol–water partition coefficient (Wildman–Crippen LogP) is 1.03. The van der Waals surface area contributed by atoms with Gasteiger partial charge in [-0.3, -0.25) is 9.80 Å². The fourth-order valence-electron chi connectivity index (χ4n) is 3.28. The quantitative estimate of drug-likeness (QED) is 0.809. The molecule has 0 aromatic carbocycles. The summed E-state index contributed by atoms with van der Waals surface area (Å²) in [6, 6.07) is 1.03. The van der Waals surface area contributed by atoms with Crippen LogP contribution in [0.3, 0.4) is 0 Å². The van der Waals surface area contributed by atoms with Crippen LogP contribution in [0.1, 0.15) is 33.1 Å². The van der Waals surface area contributed by atoms with E-state index in [0.717, 1.165) is 13.1 Å². The summed E-state index contributed by atoms with van der Waals surface area (Å²) >= 11 is 0. The van der Waals surface area contributed by atoms with E-state index in [0.29, 0.717) is 25.2 Å². The van der Waals surface area contributed by atoms with Gasteiger partial charge in [-0.15, -0.1) is 0 Å². The Kier molecular flexibility index (Phi) is 5.19. The van der Waals surface area contributed by atoms with Crippen molar-refractivity contribution in [3.63, 3.8) is 0 Å². The maximum absolute atomic E-state index is 11.2. The zero-order valence-corrected chi connectivity index (χ0v) is 12.0. The van der Waals surface area contributed by atoms with Gasteiger partial charge in [0.05, 0.1) is 0 Å². The van der Waals surface area contributed by atoms with Gasteiger partial charge < -0.3 is 9.84 Å². The maximum atomic E-state index is 11.2. The highest BCUT2D eigenvalue weighted by atomic mass is 16.5. The van der Waals surface area contributed by atoms with E-state index in [-0.39, 0.29) is 0 Å². The smallest absolute Gasteiger partial charge is 0.334 e. The molecule has 2 heterocycles. The SMILES string of the molecule is CCOC(CN1CC2CCCCN2CC1C)C(=O)O. The van der Waals surface area contributed by atoms with E-state index in [1.807, 2.05) is 6.92 Å². The summed E-state index contributed by atoms with van der Waals surface area (Å²) in [5.41, 5.74) is 0. The molecular formula is C14H26N2O3. The average molecular weight is 270 g/mol. The number of aliphatic carboxylic acids is 1. The first kappa shape index (κ1) is 14.8. The highest BCUT2D eigenvalue weighted by molar-refractivity contribution is 5.72. The second-order valence-corrected chi connectivity index (χ2v) is 5.73. The molecule has 110 valence electrons. The number of hydrogen-bond acceptors (Lipinski definition) is 4. The van der Waals surface area contributed by atoms with Crippen molar-refractivity contribution in [3.8, 4) is 0 Å². The van der Waals surface area contributed by atoms with Crippen molar-refractivity contribution in [2.45, 2.75) is 51.3 Å². The maximum Gasteiger partial charge on any atom is 0.334 e. The summed E-state index contributed by atoms with van der Waals surface area (Å²) in [6.07, 6.45) is 3.16. The van der Waals surface area contributed by atoms with Crippen LogP contribution in [0.25, 0.3) is 0 Å². The lowest BCUT2D eigenvalue weighted by Gasteiger charge is -2.48. The van der Waals surface area contributed by atoms with Crippen molar-refractivity contribution in [2.24, 2.45) is 0 Å². The van der Waals surface area contributed by atoms with Crippen LogP contribution < -0.4 is 0 Å². The topological polar surface area (TPSA) is 53.0 Å². The second kappa shape index (κ2) is 6.68. The highest BCUT2D eigenvalue weighted by Crippen LogP contribution is 2.24. The predicted molar refractivity (Wildman–Crippen MR) is 73.3 cm³/mol. The standard InChI is InChI=1S/C14H26N2O3/c1-3-19-13(14(17)18)10-16-9-12-6-4-5-7-15(12)8-11(16)2/h11-13H,3-10H2,1-2H3,(H,17,18). The molecule has 0 amide bonds. The Hall–Kier alpha value is -0.650. The van der Waals surface area contributed by atoms with Crippen molar-refractivity contribution in [3.05, 3.63) is 0 Å². The third-order valence-corrected chi connectivity index (χ3v) is 4.36. The van der Waals surface area contributed by atoms with E-state index in [9.17, 15) is 9.90 Å². The Balaban J connectivity index is 1.93. The molecule has 19 heavy (non-hydrogen) atoms. The van der Waals surface area contributed by atoms with Crippen LogP contribution in [0.2, 0.25) is 0 Å². The molecule has 2 fully saturated rings. The molecule has 0 aromatic heterocycles. The average Bonchev–Trinajstić information content (AvgIpc) is 2.38. The molecule has 0 radical (unpaired) electrons. The molecule has 0 bridgehead atoms. The van der Waals surface area contributed by atoms with Crippen LogP contribution in [0, 0.1) is 0 Å². The molecule has 5 nitrogen and oxygen atoms in total. The lowest BCUT2D eigenvalue weighted by atomic mass is 9.97. The van der Waals surface area contributed by atoms with Gasteiger partial charge in [-0.1, -0.05) is 6.42 Å². The Morgan fingerprint density at radius 1 is 1.42 bits per heavy atom. The normalized spacial score (nSPS) is 30.8. The zero-order chi connectivity index (χ0) is 13.8. The number of piperidine rings is 1. The zero-order valence-electron chi connectivity index (χ0n) is 12.0. The summed E-state index contributed by atoms with van der Waals surface area (Å²) in [5.74, 6) is -0.847. The van der Waals surface area contributed by atoms with Gasteiger partial charge in [0.2, 0.25) is 0 Å². The summed E-state index contributed by atoms with van der Waals surface area (Å²) in [7, 11) is 0. The first-order valence-corrected chi connectivity index (χ1v) is 7.44. The van der Waals surface area contributed by atoms with E-state index in [4.69, 9.17) is 4.74 Å². The fourth-order valence-corrected chi connectivity index (χ4v) is 3.28. The van der Waals surface area contributed by atoms with Crippen LogP contribution in [0.5, 0.6) is 0 Å². The Morgan fingerprint density at radius 2 is 2.21 bits per heavy atom. The van der Waals surface area contributed by atoms with Gasteiger partial charge in [-0.2, -0.15) is 0 Å². The van der Waals surface area contributed by atoms with Gasteiger partial charge in [-0.25, -0.2) is 4.79 Å². The number of fused-ring (bicyclic) bond motifs is 1. The number of ether oxygens (including phenoxy) is 1. The number of carboxylic acid groups (broad SMARTS) is 1. The highest BCUT2D eigenvalue weighted by Gasteiger charge is 2.34. The minimum absolute atomic E-state index is 0.414. The monoisotopic (exact) mass is 270 g/mol. The molecule has 0 aromatic rings. The third-order valence-electron chi connectivity index (χ3n) is 4.36. The molecule has 2 aliphatic heterocycles. The molecule has 2 rings (SSSR count). The number of carbonyl (C=O) groups is 1.